The highest BCUT2D eigenvalue weighted by Gasteiger charge is 2.22. The first-order chi connectivity index (χ1) is 7.45. The molecule has 0 radical (unpaired) electrons. The van der Waals surface area contributed by atoms with Crippen LogP contribution in [0, 0.1) is 0 Å². The predicted molar refractivity (Wildman–Crippen MR) is 61.2 cm³/mol. The maximum absolute atomic E-state index is 5.78. The normalized spacial score (nSPS) is 24.7. The van der Waals surface area contributed by atoms with Crippen LogP contribution in [0.2, 0.25) is 0 Å². The van der Waals surface area contributed by atoms with Crippen molar-refractivity contribution in [2.24, 2.45) is 0 Å². The third-order valence-electron chi connectivity index (χ3n) is 3.41. The summed E-state index contributed by atoms with van der Waals surface area (Å²) in [6.07, 6.45) is 5.22. The van der Waals surface area contributed by atoms with E-state index in [4.69, 9.17) is 4.74 Å². The van der Waals surface area contributed by atoms with Crippen molar-refractivity contribution in [2.45, 2.75) is 31.8 Å². The minimum Gasteiger partial charge on any atom is -0.385 e. The zero-order valence-corrected chi connectivity index (χ0v) is 8.96. The molecular weight excluding hydrogens is 186 g/mol. The fourth-order valence-corrected chi connectivity index (χ4v) is 2.66. The maximum Gasteiger partial charge on any atom is 0.0829 e. The Morgan fingerprint density at radius 1 is 1.27 bits per heavy atom. The second-order valence-corrected chi connectivity index (χ2v) is 4.41. The Kier molecular flexibility index (Phi) is 2.37. The molecule has 1 saturated heterocycles. The van der Waals surface area contributed by atoms with Gasteiger partial charge in [-0.3, -0.25) is 0 Å². The molecule has 80 valence electrons. The summed E-state index contributed by atoms with van der Waals surface area (Å²) in [5.74, 6) is 0. The molecule has 15 heavy (non-hydrogen) atoms. The standard InChI is InChI=1S/C13H17NO/c1-4-11(13-7-3-9-15-13)10-5-2-8-14-12(10)6-1/h1,4,6,13-14H,2-3,5,7-9H2. The summed E-state index contributed by atoms with van der Waals surface area (Å²) in [6.45, 7) is 2.05. The molecule has 2 aliphatic heterocycles. The lowest BCUT2D eigenvalue weighted by Gasteiger charge is -2.23. The molecule has 0 bridgehead atoms. The summed E-state index contributed by atoms with van der Waals surface area (Å²) >= 11 is 0. The molecule has 2 nitrogen and oxygen atoms in total. The summed E-state index contributed by atoms with van der Waals surface area (Å²) in [6, 6.07) is 6.57. The van der Waals surface area contributed by atoms with E-state index in [0.717, 1.165) is 13.2 Å². The van der Waals surface area contributed by atoms with Gasteiger partial charge in [-0.25, -0.2) is 0 Å². The van der Waals surface area contributed by atoms with E-state index < -0.39 is 0 Å². The Bertz CT molecular complexity index is 356. The van der Waals surface area contributed by atoms with Gasteiger partial charge in [0, 0.05) is 18.8 Å². The second kappa shape index (κ2) is 3.86. The highest BCUT2D eigenvalue weighted by Crippen LogP contribution is 2.35. The van der Waals surface area contributed by atoms with Crippen molar-refractivity contribution in [1.29, 1.82) is 0 Å². The van der Waals surface area contributed by atoms with Gasteiger partial charge in [0.2, 0.25) is 0 Å². The lowest BCUT2D eigenvalue weighted by atomic mass is 9.93. The number of anilines is 1. The fourth-order valence-electron chi connectivity index (χ4n) is 2.66. The summed E-state index contributed by atoms with van der Waals surface area (Å²) in [4.78, 5) is 0. The molecule has 2 aliphatic rings. The first-order valence-corrected chi connectivity index (χ1v) is 5.92. The first kappa shape index (κ1) is 9.22. The predicted octanol–water partition coefficient (Wildman–Crippen LogP) is 2.90. The van der Waals surface area contributed by atoms with Crippen LogP contribution in [-0.4, -0.2) is 13.2 Å². The van der Waals surface area contributed by atoms with Crippen molar-refractivity contribution in [3.8, 4) is 0 Å². The van der Waals surface area contributed by atoms with Gasteiger partial charge in [-0.05, 0) is 42.9 Å². The van der Waals surface area contributed by atoms with E-state index in [-0.39, 0.29) is 0 Å². The first-order valence-electron chi connectivity index (χ1n) is 5.92. The topological polar surface area (TPSA) is 21.3 Å². The molecular formula is C13H17NO. The van der Waals surface area contributed by atoms with Crippen molar-refractivity contribution < 1.29 is 4.74 Å². The Balaban J connectivity index is 1.99. The van der Waals surface area contributed by atoms with Gasteiger partial charge in [0.05, 0.1) is 6.10 Å². The molecule has 0 spiro atoms. The van der Waals surface area contributed by atoms with E-state index >= 15 is 0 Å². The van der Waals surface area contributed by atoms with Crippen molar-refractivity contribution >= 4 is 5.69 Å². The van der Waals surface area contributed by atoms with Crippen LogP contribution in [0.25, 0.3) is 0 Å². The van der Waals surface area contributed by atoms with E-state index in [0.29, 0.717) is 6.10 Å². The van der Waals surface area contributed by atoms with Gasteiger partial charge in [0.15, 0.2) is 0 Å². The minimum absolute atomic E-state index is 0.361. The molecule has 0 aromatic heterocycles. The number of fused-ring (bicyclic) bond motifs is 1. The van der Waals surface area contributed by atoms with Crippen LogP contribution in [0.1, 0.15) is 36.5 Å². The van der Waals surface area contributed by atoms with Crippen LogP contribution in [0.3, 0.4) is 0 Å². The van der Waals surface area contributed by atoms with Crippen LogP contribution in [0.5, 0.6) is 0 Å². The minimum atomic E-state index is 0.361. The fraction of sp³-hybridized carbons (Fsp3) is 0.538. The molecule has 3 rings (SSSR count). The quantitative estimate of drug-likeness (QED) is 0.757. The van der Waals surface area contributed by atoms with Crippen LogP contribution < -0.4 is 5.32 Å². The van der Waals surface area contributed by atoms with Crippen molar-refractivity contribution in [3.05, 3.63) is 29.3 Å². The SMILES string of the molecule is c1cc2c(c(C3CCCO3)c1)CCCN2. The van der Waals surface area contributed by atoms with Gasteiger partial charge >= 0.3 is 0 Å². The molecule has 1 fully saturated rings. The maximum atomic E-state index is 5.78. The molecule has 1 unspecified atom stereocenters. The monoisotopic (exact) mass is 203 g/mol. The highest BCUT2D eigenvalue weighted by molar-refractivity contribution is 5.57. The number of hydrogen-bond acceptors (Lipinski definition) is 2. The molecule has 1 atom stereocenters. The van der Waals surface area contributed by atoms with Gasteiger partial charge in [-0.15, -0.1) is 0 Å². The molecule has 0 aliphatic carbocycles. The van der Waals surface area contributed by atoms with E-state index in [1.54, 1.807) is 0 Å². The lowest BCUT2D eigenvalue weighted by molar-refractivity contribution is 0.111. The summed E-state index contributed by atoms with van der Waals surface area (Å²) in [5.41, 5.74) is 4.25. The average Bonchev–Trinajstić information content (AvgIpc) is 2.82. The van der Waals surface area contributed by atoms with Gasteiger partial charge < -0.3 is 10.1 Å². The van der Waals surface area contributed by atoms with E-state index in [9.17, 15) is 0 Å². The Morgan fingerprint density at radius 3 is 3.13 bits per heavy atom. The van der Waals surface area contributed by atoms with Crippen LogP contribution >= 0.6 is 0 Å². The second-order valence-electron chi connectivity index (χ2n) is 4.41. The molecule has 1 aromatic rings. The van der Waals surface area contributed by atoms with Gasteiger partial charge in [0.25, 0.3) is 0 Å². The molecule has 0 saturated carbocycles. The number of benzene rings is 1. The third kappa shape index (κ3) is 1.63. The van der Waals surface area contributed by atoms with Gasteiger partial charge in [-0.2, -0.15) is 0 Å². The van der Waals surface area contributed by atoms with Gasteiger partial charge in [0.1, 0.15) is 0 Å². The largest absolute Gasteiger partial charge is 0.385 e. The molecule has 2 heterocycles. The zero-order chi connectivity index (χ0) is 10.1. The molecule has 1 N–H and O–H groups in total. The molecule has 0 amide bonds. The zero-order valence-electron chi connectivity index (χ0n) is 8.96. The Morgan fingerprint density at radius 2 is 2.27 bits per heavy atom. The number of ether oxygens (including phenoxy) is 1. The highest BCUT2D eigenvalue weighted by atomic mass is 16.5. The molecule has 1 aromatic carbocycles. The summed E-state index contributed by atoms with van der Waals surface area (Å²) < 4.78 is 5.78. The average molecular weight is 203 g/mol. The lowest BCUT2D eigenvalue weighted by Crippen LogP contribution is -2.14. The van der Waals surface area contributed by atoms with Crippen molar-refractivity contribution in [1.82, 2.24) is 0 Å². The Hall–Kier alpha value is -1.02. The van der Waals surface area contributed by atoms with Crippen molar-refractivity contribution in [3.63, 3.8) is 0 Å². The third-order valence-corrected chi connectivity index (χ3v) is 3.41. The van der Waals surface area contributed by atoms with E-state index in [2.05, 4.69) is 23.5 Å². The summed E-state index contributed by atoms with van der Waals surface area (Å²) in [7, 11) is 0. The Labute approximate surface area is 90.6 Å². The van der Waals surface area contributed by atoms with E-state index in [1.807, 2.05) is 0 Å². The molecule has 2 heteroatoms. The van der Waals surface area contributed by atoms with Crippen molar-refractivity contribution in [2.75, 3.05) is 18.5 Å². The summed E-state index contributed by atoms with van der Waals surface area (Å²) in [5, 5.41) is 3.47. The van der Waals surface area contributed by atoms with E-state index in [1.165, 1.54) is 42.5 Å². The van der Waals surface area contributed by atoms with Crippen LogP contribution in [-0.2, 0) is 11.2 Å². The number of nitrogens with one attached hydrogen (secondary N) is 1. The van der Waals surface area contributed by atoms with Crippen LogP contribution in [0.4, 0.5) is 5.69 Å². The smallest absolute Gasteiger partial charge is 0.0829 e. The van der Waals surface area contributed by atoms with Gasteiger partial charge in [-0.1, -0.05) is 12.1 Å². The number of hydrogen-bond donors (Lipinski definition) is 1. The number of rotatable bonds is 1. The van der Waals surface area contributed by atoms with Crippen LogP contribution in [0.15, 0.2) is 18.2 Å².